The van der Waals surface area contributed by atoms with Gasteiger partial charge in [0.05, 0.1) is 36.4 Å². The van der Waals surface area contributed by atoms with E-state index in [-0.39, 0.29) is 23.8 Å². The molecule has 0 spiro atoms. The Morgan fingerprint density at radius 2 is 2.04 bits per heavy atom. The fourth-order valence-corrected chi connectivity index (χ4v) is 3.35. The summed E-state index contributed by atoms with van der Waals surface area (Å²) >= 11 is 0. The lowest BCUT2D eigenvalue weighted by Crippen LogP contribution is -2.48. The van der Waals surface area contributed by atoms with Crippen molar-refractivity contribution in [3.8, 4) is 0 Å². The molecule has 3 rings (SSSR count). The van der Waals surface area contributed by atoms with Crippen LogP contribution in [0.4, 0.5) is 0 Å². The Hall–Kier alpha value is -2.12. The number of carbonyl (C=O) groups excluding carboxylic acids is 1. The number of ether oxygens (including phenoxy) is 2. The first kappa shape index (κ1) is 17.7. The number of nitrogens with zero attached hydrogens (tertiary/aromatic N) is 2. The van der Waals surface area contributed by atoms with Crippen LogP contribution in [0.1, 0.15) is 31.1 Å². The van der Waals surface area contributed by atoms with E-state index in [1.807, 2.05) is 31.7 Å². The number of benzene rings is 1. The number of fused-ring (bicyclic) bond motifs is 1. The van der Waals surface area contributed by atoms with Crippen LogP contribution in [0, 0.1) is 0 Å². The van der Waals surface area contributed by atoms with Crippen molar-refractivity contribution < 1.29 is 14.3 Å². The summed E-state index contributed by atoms with van der Waals surface area (Å²) in [6.45, 7) is 8.59. The first-order chi connectivity index (χ1) is 12.0. The number of imidazole rings is 1. The van der Waals surface area contributed by atoms with E-state index >= 15 is 0 Å². The summed E-state index contributed by atoms with van der Waals surface area (Å²) in [6.07, 6.45) is 0.0479. The van der Waals surface area contributed by atoms with Crippen molar-refractivity contribution in [1.29, 1.82) is 0 Å². The summed E-state index contributed by atoms with van der Waals surface area (Å²) in [7, 11) is 0. The number of rotatable bonds is 5. The van der Waals surface area contributed by atoms with Crippen LogP contribution in [0.3, 0.4) is 0 Å². The van der Waals surface area contributed by atoms with Gasteiger partial charge in [-0.2, -0.15) is 0 Å². The van der Waals surface area contributed by atoms with Crippen LogP contribution < -0.4 is 5.69 Å². The van der Waals surface area contributed by atoms with Gasteiger partial charge in [-0.3, -0.25) is 9.36 Å². The summed E-state index contributed by atoms with van der Waals surface area (Å²) in [4.78, 5) is 29.6. The van der Waals surface area contributed by atoms with Crippen molar-refractivity contribution in [1.82, 2.24) is 14.5 Å². The molecular formula is C18H25N3O4. The van der Waals surface area contributed by atoms with Crippen LogP contribution in [0.5, 0.6) is 0 Å². The maximum absolute atomic E-state index is 12.8. The molecule has 1 saturated heterocycles. The molecule has 7 heteroatoms. The molecule has 2 heterocycles. The number of H-pyrrole nitrogens is 1. The van der Waals surface area contributed by atoms with E-state index in [1.165, 1.54) is 0 Å². The molecule has 2 aromatic rings. The first-order valence-corrected chi connectivity index (χ1v) is 8.74. The quantitative estimate of drug-likeness (QED) is 0.834. The predicted molar refractivity (Wildman–Crippen MR) is 95.0 cm³/mol. The van der Waals surface area contributed by atoms with Crippen LogP contribution in [-0.4, -0.2) is 58.9 Å². The van der Waals surface area contributed by atoms with Gasteiger partial charge in [-0.25, -0.2) is 4.79 Å². The Morgan fingerprint density at radius 3 is 2.72 bits per heavy atom. The Kier molecular flexibility index (Phi) is 5.24. The maximum Gasteiger partial charge on any atom is 0.326 e. The summed E-state index contributed by atoms with van der Waals surface area (Å²) in [6, 6.07) is 5.35. The lowest BCUT2D eigenvalue weighted by atomic mass is 10.1. The molecule has 7 nitrogen and oxygen atoms in total. The number of morpholine rings is 1. The van der Waals surface area contributed by atoms with Gasteiger partial charge in [0.25, 0.3) is 5.91 Å². The number of hydrogen-bond donors (Lipinski definition) is 1. The largest absolute Gasteiger partial charge is 0.380 e. The second-order valence-electron chi connectivity index (χ2n) is 6.48. The molecule has 0 aliphatic carbocycles. The van der Waals surface area contributed by atoms with E-state index in [9.17, 15) is 9.59 Å². The second kappa shape index (κ2) is 7.41. The van der Waals surface area contributed by atoms with Crippen molar-refractivity contribution in [2.45, 2.75) is 39.5 Å². The lowest BCUT2D eigenvalue weighted by molar-refractivity contribution is -0.0586. The van der Waals surface area contributed by atoms with Gasteiger partial charge in [0.2, 0.25) is 0 Å². The minimum Gasteiger partial charge on any atom is -0.380 e. The van der Waals surface area contributed by atoms with Crippen LogP contribution in [-0.2, 0) is 16.0 Å². The molecule has 0 bridgehead atoms. The molecule has 25 heavy (non-hydrogen) atoms. The molecule has 1 aliphatic rings. The Bertz CT molecular complexity index is 800. The van der Waals surface area contributed by atoms with Crippen LogP contribution in [0.25, 0.3) is 11.0 Å². The highest BCUT2D eigenvalue weighted by Crippen LogP contribution is 2.18. The van der Waals surface area contributed by atoms with Gasteiger partial charge in [0.15, 0.2) is 0 Å². The highest BCUT2D eigenvalue weighted by molar-refractivity contribution is 5.97. The summed E-state index contributed by atoms with van der Waals surface area (Å²) in [5.74, 6) is -0.0354. The molecule has 0 saturated carbocycles. The molecule has 1 aliphatic heterocycles. The monoisotopic (exact) mass is 347 g/mol. The maximum atomic E-state index is 12.8. The molecule has 0 unspecified atom stereocenters. The number of carbonyl (C=O) groups is 1. The fraction of sp³-hybridized carbons (Fsp3) is 0.556. The van der Waals surface area contributed by atoms with E-state index in [0.717, 1.165) is 5.52 Å². The fourth-order valence-electron chi connectivity index (χ4n) is 3.35. The molecule has 1 aromatic heterocycles. The third-order valence-corrected chi connectivity index (χ3v) is 4.39. The van der Waals surface area contributed by atoms with Crippen molar-refractivity contribution in [2.24, 2.45) is 0 Å². The van der Waals surface area contributed by atoms with E-state index in [2.05, 4.69) is 4.98 Å². The Morgan fingerprint density at radius 1 is 1.32 bits per heavy atom. The second-order valence-corrected chi connectivity index (χ2v) is 6.48. The minimum atomic E-state index is -0.187. The van der Waals surface area contributed by atoms with Gasteiger partial charge in [-0.05, 0) is 39.0 Å². The topological polar surface area (TPSA) is 76.6 Å². The number of amides is 1. The highest BCUT2D eigenvalue weighted by Gasteiger charge is 2.26. The summed E-state index contributed by atoms with van der Waals surface area (Å²) < 4.78 is 12.6. The molecule has 1 fully saturated rings. The summed E-state index contributed by atoms with van der Waals surface area (Å²) in [5, 5.41) is 0. The van der Waals surface area contributed by atoms with Gasteiger partial charge >= 0.3 is 5.69 Å². The van der Waals surface area contributed by atoms with Gasteiger partial charge in [0, 0.05) is 25.3 Å². The van der Waals surface area contributed by atoms with Crippen molar-refractivity contribution in [3.05, 3.63) is 34.2 Å². The van der Waals surface area contributed by atoms with Gasteiger partial charge in [-0.15, -0.1) is 0 Å². The first-order valence-electron chi connectivity index (χ1n) is 8.74. The van der Waals surface area contributed by atoms with Crippen molar-refractivity contribution in [3.63, 3.8) is 0 Å². The predicted octanol–water partition coefficient (Wildman–Crippen LogP) is 1.62. The smallest absolute Gasteiger partial charge is 0.326 e. The number of aromatic amines is 1. The van der Waals surface area contributed by atoms with E-state index in [1.54, 1.807) is 16.7 Å². The molecule has 2 atom stereocenters. The van der Waals surface area contributed by atoms with Crippen molar-refractivity contribution >= 4 is 16.9 Å². The van der Waals surface area contributed by atoms with Crippen LogP contribution in [0.2, 0.25) is 0 Å². The van der Waals surface area contributed by atoms with Crippen LogP contribution in [0.15, 0.2) is 23.0 Å². The molecule has 1 N–H and O–H groups in total. The van der Waals surface area contributed by atoms with Gasteiger partial charge in [0.1, 0.15) is 0 Å². The van der Waals surface area contributed by atoms with Gasteiger partial charge < -0.3 is 19.4 Å². The zero-order valence-corrected chi connectivity index (χ0v) is 14.9. The number of hydrogen-bond acceptors (Lipinski definition) is 4. The molecule has 0 radical (unpaired) electrons. The molecular weight excluding hydrogens is 322 g/mol. The Balaban J connectivity index is 1.84. The molecule has 136 valence electrons. The van der Waals surface area contributed by atoms with Crippen molar-refractivity contribution in [2.75, 3.05) is 26.3 Å². The highest BCUT2D eigenvalue weighted by atomic mass is 16.5. The zero-order valence-electron chi connectivity index (χ0n) is 14.9. The SMILES string of the molecule is CCOCCn1c(=O)[nH]c2cc(C(=O)N3C[C@@H](C)O[C@@H](C)C3)ccc21. The average molecular weight is 347 g/mol. The number of nitrogens with one attached hydrogen (secondary N) is 1. The summed E-state index contributed by atoms with van der Waals surface area (Å²) in [5.41, 5.74) is 1.84. The van der Waals surface area contributed by atoms with E-state index in [4.69, 9.17) is 9.47 Å². The Labute approximate surface area is 146 Å². The third kappa shape index (κ3) is 3.77. The number of aromatic nitrogens is 2. The third-order valence-electron chi connectivity index (χ3n) is 4.39. The standard InChI is InChI=1S/C18H25N3O4/c1-4-24-8-7-21-16-6-5-14(9-15(16)19-18(21)23)17(22)20-10-12(2)25-13(3)11-20/h5-6,9,12-13H,4,7-8,10-11H2,1-3H3,(H,19,23)/t12-,13+. The molecule has 1 aromatic carbocycles. The lowest BCUT2D eigenvalue weighted by Gasteiger charge is -2.35. The molecule has 1 amide bonds. The zero-order chi connectivity index (χ0) is 18.0. The van der Waals surface area contributed by atoms with Gasteiger partial charge in [-0.1, -0.05) is 0 Å². The average Bonchev–Trinajstić information content (AvgIpc) is 2.88. The normalized spacial score (nSPS) is 21.0. The van der Waals surface area contributed by atoms with Crippen LogP contribution >= 0.6 is 0 Å². The van der Waals surface area contributed by atoms with E-state index < -0.39 is 0 Å². The van der Waals surface area contributed by atoms with E-state index in [0.29, 0.717) is 43.9 Å². The minimum absolute atomic E-state index is 0.0240.